The number of carbonyl (C=O) groups is 2. The second-order valence-corrected chi connectivity index (χ2v) is 11.9. The lowest BCUT2D eigenvalue weighted by atomic mass is 10.1. The van der Waals surface area contributed by atoms with Gasteiger partial charge in [-0.25, -0.2) is 17.6 Å². The number of alkyl carbamates (subject to hydrolysis) is 1. The summed E-state index contributed by atoms with van der Waals surface area (Å²) in [6, 6.07) is 5.83. The van der Waals surface area contributed by atoms with Gasteiger partial charge in [-0.3, -0.25) is 4.79 Å². The Morgan fingerprint density at radius 2 is 1.94 bits per heavy atom. The van der Waals surface area contributed by atoms with Crippen LogP contribution in [0.1, 0.15) is 26.3 Å². The van der Waals surface area contributed by atoms with E-state index in [9.17, 15) is 22.4 Å². The molecule has 0 saturated carbocycles. The van der Waals surface area contributed by atoms with Crippen LogP contribution in [0.2, 0.25) is 0 Å². The molecule has 8 nitrogen and oxygen atoms in total. The maximum Gasteiger partial charge on any atom is 0.408 e. The molecule has 2 atom stereocenters. The summed E-state index contributed by atoms with van der Waals surface area (Å²) in [4.78, 5) is 30.0. The molecule has 2 heterocycles. The molecule has 0 radical (unpaired) electrons. The van der Waals surface area contributed by atoms with Crippen LogP contribution in [0.15, 0.2) is 29.3 Å². The van der Waals surface area contributed by atoms with Gasteiger partial charge in [-0.2, -0.15) is 4.99 Å². The Morgan fingerprint density at radius 3 is 2.58 bits per heavy atom. The Labute approximate surface area is 185 Å². The van der Waals surface area contributed by atoms with Crippen LogP contribution in [0, 0.1) is 5.82 Å². The molecule has 1 N–H and O–H groups in total. The lowest BCUT2D eigenvalue weighted by molar-refractivity contribution is -0.117. The summed E-state index contributed by atoms with van der Waals surface area (Å²) in [5.41, 5.74) is 0.216. The molecular formula is C20H26FN3O5S2. The smallest absolute Gasteiger partial charge is 0.408 e. The van der Waals surface area contributed by atoms with Crippen molar-refractivity contribution in [2.24, 2.45) is 4.99 Å². The maximum absolute atomic E-state index is 13.1. The second-order valence-electron chi connectivity index (χ2n) is 8.51. The van der Waals surface area contributed by atoms with Gasteiger partial charge < -0.3 is 15.0 Å². The van der Waals surface area contributed by atoms with Gasteiger partial charge in [0.05, 0.1) is 17.5 Å². The zero-order valence-corrected chi connectivity index (χ0v) is 19.3. The normalized spacial score (nSPS) is 23.6. The van der Waals surface area contributed by atoms with Gasteiger partial charge in [-0.05, 0) is 44.9 Å². The Kier molecular flexibility index (Phi) is 6.95. The number of benzene rings is 1. The Bertz CT molecular complexity index is 974. The monoisotopic (exact) mass is 471 g/mol. The molecule has 0 unspecified atom stereocenters. The van der Waals surface area contributed by atoms with Crippen LogP contribution in [0.4, 0.5) is 9.18 Å². The van der Waals surface area contributed by atoms with E-state index in [4.69, 9.17) is 4.74 Å². The van der Waals surface area contributed by atoms with Gasteiger partial charge in [-0.1, -0.05) is 23.9 Å². The number of amidine groups is 1. The average Bonchev–Trinajstić information content (AvgIpc) is 3.09. The number of aliphatic imine (C=N–C) groups is 1. The lowest BCUT2D eigenvalue weighted by Gasteiger charge is -2.24. The number of nitrogens with zero attached hydrogens (tertiary/aromatic N) is 2. The second kappa shape index (κ2) is 9.15. The number of sulfone groups is 1. The first kappa shape index (κ1) is 23.5. The lowest BCUT2D eigenvalue weighted by Crippen LogP contribution is -2.39. The zero-order valence-electron chi connectivity index (χ0n) is 17.6. The number of carbonyl (C=O) groups excluding carboxylic acids is 2. The van der Waals surface area contributed by atoms with Crippen LogP contribution in [0.25, 0.3) is 0 Å². The van der Waals surface area contributed by atoms with Gasteiger partial charge in [-0.15, -0.1) is 0 Å². The van der Waals surface area contributed by atoms with Crippen molar-refractivity contribution in [2.45, 2.75) is 44.1 Å². The third-order valence-electron chi connectivity index (χ3n) is 4.73. The first-order valence-electron chi connectivity index (χ1n) is 9.88. The summed E-state index contributed by atoms with van der Waals surface area (Å²) in [7, 11) is -3.14. The first-order valence-corrected chi connectivity index (χ1v) is 12.6. The molecule has 0 spiro atoms. The fraction of sp³-hybridized carbons (Fsp3) is 0.550. The van der Waals surface area contributed by atoms with Crippen LogP contribution in [-0.2, 0) is 25.8 Å². The zero-order chi connectivity index (χ0) is 22.8. The van der Waals surface area contributed by atoms with Gasteiger partial charge in [0.25, 0.3) is 5.91 Å². The van der Waals surface area contributed by atoms with Gasteiger partial charge >= 0.3 is 6.09 Å². The highest BCUT2D eigenvalue weighted by Crippen LogP contribution is 2.38. The van der Waals surface area contributed by atoms with E-state index in [1.165, 1.54) is 23.9 Å². The van der Waals surface area contributed by atoms with Gasteiger partial charge in [0.2, 0.25) is 0 Å². The molecular weight excluding hydrogens is 445 g/mol. The summed E-state index contributed by atoms with van der Waals surface area (Å²) < 4.78 is 42.4. The van der Waals surface area contributed by atoms with E-state index in [-0.39, 0.29) is 35.2 Å². The van der Waals surface area contributed by atoms with E-state index in [2.05, 4.69) is 10.3 Å². The number of amides is 2. The van der Waals surface area contributed by atoms with Crippen molar-refractivity contribution in [3.63, 3.8) is 0 Å². The molecule has 2 aliphatic heterocycles. The van der Waals surface area contributed by atoms with Crippen LogP contribution in [0.5, 0.6) is 0 Å². The van der Waals surface area contributed by atoms with Crippen LogP contribution >= 0.6 is 11.8 Å². The topological polar surface area (TPSA) is 105 Å². The summed E-state index contributed by atoms with van der Waals surface area (Å²) in [6.07, 6.45) is -0.163. The SMILES string of the molecule is CC(C)(C)OC(=O)NCC(=O)N=C1S[C@@H]2CS(=O)(=O)C[C@H]2N1CCc1ccc(F)cc1. The molecule has 11 heteroatoms. The van der Waals surface area contributed by atoms with Gasteiger partial charge in [0.1, 0.15) is 18.0 Å². The number of halogens is 1. The molecule has 0 bridgehead atoms. The molecule has 3 rings (SSSR count). The molecule has 1 aromatic rings. The molecule has 0 aromatic heterocycles. The predicted octanol–water partition coefficient (Wildman–Crippen LogP) is 1.99. The van der Waals surface area contributed by atoms with E-state index in [0.29, 0.717) is 18.1 Å². The third kappa shape index (κ3) is 6.67. The van der Waals surface area contributed by atoms with E-state index in [1.807, 2.05) is 4.90 Å². The van der Waals surface area contributed by atoms with Crippen molar-refractivity contribution in [2.75, 3.05) is 24.6 Å². The number of hydrogen-bond acceptors (Lipinski definition) is 6. The highest BCUT2D eigenvalue weighted by molar-refractivity contribution is 8.15. The Hall–Kier alpha value is -2.14. The van der Waals surface area contributed by atoms with E-state index >= 15 is 0 Å². The molecule has 0 aliphatic carbocycles. The van der Waals surface area contributed by atoms with Crippen molar-refractivity contribution in [1.82, 2.24) is 10.2 Å². The first-order chi connectivity index (χ1) is 14.4. The van der Waals surface area contributed by atoms with Crippen molar-refractivity contribution in [3.8, 4) is 0 Å². The van der Waals surface area contributed by atoms with E-state index in [1.54, 1.807) is 32.9 Å². The van der Waals surface area contributed by atoms with Crippen molar-refractivity contribution in [3.05, 3.63) is 35.6 Å². The summed E-state index contributed by atoms with van der Waals surface area (Å²) >= 11 is 1.27. The average molecular weight is 472 g/mol. The third-order valence-corrected chi connectivity index (χ3v) is 7.98. The highest BCUT2D eigenvalue weighted by Gasteiger charge is 2.48. The van der Waals surface area contributed by atoms with Crippen LogP contribution in [-0.4, -0.2) is 72.0 Å². The predicted molar refractivity (Wildman–Crippen MR) is 117 cm³/mol. The van der Waals surface area contributed by atoms with Crippen molar-refractivity contribution >= 4 is 38.8 Å². The number of rotatable bonds is 5. The fourth-order valence-corrected chi connectivity index (χ4v) is 7.40. The molecule has 31 heavy (non-hydrogen) atoms. The fourth-order valence-electron chi connectivity index (χ4n) is 3.41. The minimum absolute atomic E-state index is 0.0114. The number of ether oxygens (including phenoxy) is 1. The van der Waals surface area contributed by atoms with E-state index in [0.717, 1.165) is 5.56 Å². The summed E-state index contributed by atoms with van der Waals surface area (Å²) in [5, 5.41) is 2.63. The molecule has 2 amide bonds. The number of thioether (sulfide) groups is 1. The Balaban J connectivity index is 1.67. The number of fused-ring (bicyclic) bond motifs is 1. The Morgan fingerprint density at radius 1 is 1.26 bits per heavy atom. The molecule has 2 aliphatic rings. The van der Waals surface area contributed by atoms with E-state index < -0.39 is 27.4 Å². The highest BCUT2D eigenvalue weighted by atomic mass is 32.2. The largest absolute Gasteiger partial charge is 0.444 e. The molecule has 170 valence electrons. The minimum atomic E-state index is -3.14. The van der Waals surface area contributed by atoms with Gasteiger partial charge in [0.15, 0.2) is 15.0 Å². The quantitative estimate of drug-likeness (QED) is 0.700. The van der Waals surface area contributed by atoms with Crippen LogP contribution in [0.3, 0.4) is 0 Å². The van der Waals surface area contributed by atoms with Crippen LogP contribution < -0.4 is 5.32 Å². The molecule has 2 fully saturated rings. The number of hydrogen-bond donors (Lipinski definition) is 1. The molecule has 1 aromatic carbocycles. The number of nitrogens with one attached hydrogen (secondary N) is 1. The summed E-state index contributed by atoms with van der Waals surface area (Å²) in [6.45, 7) is 5.28. The maximum atomic E-state index is 13.1. The van der Waals surface area contributed by atoms with Crippen molar-refractivity contribution in [1.29, 1.82) is 0 Å². The molecule has 2 saturated heterocycles. The minimum Gasteiger partial charge on any atom is -0.444 e. The summed E-state index contributed by atoms with van der Waals surface area (Å²) in [5.74, 6) is -0.827. The standard InChI is InChI=1S/C20H26FN3O5S2/c1-20(2,3)29-19(26)22-10-17(25)23-18-24(9-8-13-4-6-14(21)7-5-13)15-11-31(27,28)12-16(15)30-18/h4-7,15-16H,8-12H2,1-3H3,(H,22,26)/t15-,16-/m1/s1. The van der Waals surface area contributed by atoms with Gasteiger partial charge in [0, 0.05) is 11.8 Å². The van der Waals surface area contributed by atoms with Crippen molar-refractivity contribution < 1.29 is 27.1 Å².